The summed E-state index contributed by atoms with van der Waals surface area (Å²) in [7, 11) is -4.71. The van der Waals surface area contributed by atoms with Crippen LogP contribution in [0.4, 0.5) is 9.18 Å². The number of aromatic nitrogens is 1. The normalized spacial score (nSPS) is 11.7. The summed E-state index contributed by atoms with van der Waals surface area (Å²) in [5.74, 6) is -2.17. The third-order valence-corrected chi connectivity index (χ3v) is 5.13. The number of benzene rings is 1. The van der Waals surface area contributed by atoms with Crippen molar-refractivity contribution in [3.05, 3.63) is 45.8 Å². The lowest BCUT2D eigenvalue weighted by Crippen LogP contribution is -2.45. The maximum atomic E-state index is 14.6. The largest absolute Gasteiger partial charge is 0.476 e. The molecule has 14 heteroatoms. The van der Waals surface area contributed by atoms with Crippen LogP contribution in [-0.4, -0.2) is 37.6 Å². The SMILES string of the molecule is CC(C)COc1ncc(Oc2cc(F)c(C(=O)NS(=O)(=O)NC(=O)OC(C)(C)C)cc2Cl)cc1Cl. The van der Waals surface area contributed by atoms with Gasteiger partial charge >= 0.3 is 16.3 Å². The van der Waals surface area contributed by atoms with Crippen LogP contribution in [-0.2, 0) is 14.9 Å². The second kappa shape index (κ2) is 11.3. The first-order chi connectivity index (χ1) is 16.1. The Morgan fingerprint density at radius 2 is 1.77 bits per heavy atom. The highest BCUT2D eigenvalue weighted by Gasteiger charge is 2.25. The molecule has 10 nitrogen and oxygen atoms in total. The zero-order valence-corrected chi connectivity index (χ0v) is 21.8. The number of nitrogens with one attached hydrogen (secondary N) is 2. The molecule has 0 fully saturated rings. The number of halogens is 3. The molecule has 0 aliphatic rings. The second-order valence-corrected chi connectivity index (χ2v) is 10.8. The van der Waals surface area contributed by atoms with Crippen molar-refractivity contribution in [3.63, 3.8) is 0 Å². The van der Waals surface area contributed by atoms with E-state index in [1.165, 1.54) is 42.5 Å². The van der Waals surface area contributed by atoms with E-state index in [9.17, 15) is 22.4 Å². The van der Waals surface area contributed by atoms with E-state index >= 15 is 0 Å². The summed E-state index contributed by atoms with van der Waals surface area (Å²) in [6.07, 6.45) is -0.0429. The third kappa shape index (κ3) is 9.04. The summed E-state index contributed by atoms with van der Waals surface area (Å²) in [5, 5.41) is -0.0660. The summed E-state index contributed by atoms with van der Waals surface area (Å²) in [4.78, 5) is 28.0. The van der Waals surface area contributed by atoms with E-state index in [1.807, 2.05) is 13.8 Å². The lowest BCUT2D eigenvalue weighted by Gasteiger charge is -2.19. The van der Waals surface area contributed by atoms with Gasteiger partial charge in [0.1, 0.15) is 27.9 Å². The Hall–Kier alpha value is -2.83. The number of amides is 2. The Morgan fingerprint density at radius 3 is 2.34 bits per heavy atom. The number of hydrogen-bond acceptors (Lipinski definition) is 8. The second-order valence-electron chi connectivity index (χ2n) is 8.57. The van der Waals surface area contributed by atoms with Crippen LogP contribution in [0, 0.1) is 11.7 Å². The van der Waals surface area contributed by atoms with Crippen molar-refractivity contribution < 1.29 is 36.6 Å². The van der Waals surface area contributed by atoms with Crippen LogP contribution in [0.3, 0.4) is 0 Å². The summed E-state index contributed by atoms with van der Waals surface area (Å²) in [5.41, 5.74) is -1.70. The smallest absolute Gasteiger partial charge is 0.422 e. The fraction of sp³-hybridized carbons (Fsp3) is 0.381. The van der Waals surface area contributed by atoms with Crippen LogP contribution >= 0.6 is 23.2 Å². The topological polar surface area (TPSA) is 133 Å². The van der Waals surface area contributed by atoms with Crippen molar-refractivity contribution in [1.82, 2.24) is 14.4 Å². The first-order valence-corrected chi connectivity index (χ1v) is 12.3. The van der Waals surface area contributed by atoms with Crippen molar-refractivity contribution in [3.8, 4) is 17.4 Å². The molecule has 0 unspecified atom stereocenters. The molecule has 0 aliphatic carbocycles. The number of carbonyl (C=O) groups is 2. The Bertz CT molecular complexity index is 1220. The molecule has 2 amide bonds. The van der Waals surface area contributed by atoms with Crippen molar-refractivity contribution in [2.45, 2.75) is 40.2 Å². The minimum absolute atomic E-state index is 0.106. The van der Waals surface area contributed by atoms with Gasteiger partial charge in [-0.1, -0.05) is 37.0 Å². The van der Waals surface area contributed by atoms with Gasteiger partial charge < -0.3 is 14.2 Å². The van der Waals surface area contributed by atoms with E-state index < -0.39 is 39.2 Å². The van der Waals surface area contributed by atoms with Gasteiger partial charge in [-0.15, -0.1) is 0 Å². The number of hydrogen-bond donors (Lipinski definition) is 2. The molecule has 0 saturated carbocycles. The van der Waals surface area contributed by atoms with Gasteiger partial charge in [-0.3, -0.25) is 4.79 Å². The van der Waals surface area contributed by atoms with Crippen LogP contribution in [0.5, 0.6) is 17.4 Å². The molecule has 192 valence electrons. The third-order valence-electron chi connectivity index (χ3n) is 3.67. The first kappa shape index (κ1) is 28.4. The van der Waals surface area contributed by atoms with Crippen LogP contribution in [0.1, 0.15) is 45.0 Å². The summed E-state index contributed by atoms with van der Waals surface area (Å²) >= 11 is 12.2. The van der Waals surface area contributed by atoms with E-state index in [-0.39, 0.29) is 33.3 Å². The average molecular weight is 552 g/mol. The van der Waals surface area contributed by atoms with Crippen LogP contribution < -0.4 is 18.9 Å². The van der Waals surface area contributed by atoms with Crippen LogP contribution in [0.15, 0.2) is 24.4 Å². The van der Waals surface area contributed by atoms with Gasteiger partial charge in [0, 0.05) is 12.1 Å². The number of ether oxygens (including phenoxy) is 3. The van der Waals surface area contributed by atoms with Gasteiger partial charge in [0.05, 0.1) is 23.4 Å². The molecule has 1 aromatic heterocycles. The van der Waals surface area contributed by atoms with Crippen molar-refractivity contribution in [2.24, 2.45) is 5.92 Å². The molecule has 0 radical (unpaired) electrons. The lowest BCUT2D eigenvalue weighted by atomic mass is 10.2. The highest BCUT2D eigenvalue weighted by Crippen LogP contribution is 2.34. The number of pyridine rings is 1. The Morgan fingerprint density at radius 1 is 1.11 bits per heavy atom. The molecule has 2 aromatic rings. The summed E-state index contributed by atoms with van der Waals surface area (Å²) in [6, 6.07) is 3.02. The van der Waals surface area contributed by atoms with Crippen molar-refractivity contribution >= 4 is 45.4 Å². The van der Waals surface area contributed by atoms with E-state index in [0.717, 1.165) is 12.1 Å². The Balaban J connectivity index is 2.14. The monoisotopic (exact) mass is 551 g/mol. The fourth-order valence-electron chi connectivity index (χ4n) is 2.33. The molecule has 0 spiro atoms. The molecule has 0 saturated heterocycles. The maximum absolute atomic E-state index is 14.6. The minimum Gasteiger partial charge on any atom is -0.476 e. The van der Waals surface area contributed by atoms with Gasteiger partial charge in [-0.2, -0.15) is 8.42 Å². The van der Waals surface area contributed by atoms with E-state index in [1.54, 1.807) is 0 Å². The average Bonchev–Trinajstić information content (AvgIpc) is 2.67. The van der Waals surface area contributed by atoms with Crippen LogP contribution in [0.25, 0.3) is 0 Å². The van der Waals surface area contributed by atoms with Gasteiger partial charge in [0.15, 0.2) is 0 Å². The van der Waals surface area contributed by atoms with Gasteiger partial charge in [-0.05, 0) is 32.8 Å². The molecule has 2 rings (SSSR count). The quantitative estimate of drug-likeness (QED) is 0.475. The van der Waals surface area contributed by atoms with Gasteiger partial charge in [0.2, 0.25) is 5.88 Å². The minimum atomic E-state index is -4.71. The van der Waals surface area contributed by atoms with Crippen molar-refractivity contribution in [1.29, 1.82) is 0 Å². The molecule has 0 aliphatic heterocycles. The predicted molar refractivity (Wildman–Crippen MR) is 127 cm³/mol. The molecule has 2 N–H and O–H groups in total. The molecular weight excluding hydrogens is 528 g/mol. The number of carbonyl (C=O) groups excluding carboxylic acids is 2. The number of rotatable bonds is 8. The molecule has 1 aromatic carbocycles. The Labute approximate surface area is 212 Å². The fourth-order valence-corrected chi connectivity index (χ4v) is 3.41. The molecule has 0 bridgehead atoms. The Kier molecular flexibility index (Phi) is 9.15. The first-order valence-electron chi connectivity index (χ1n) is 10.1. The maximum Gasteiger partial charge on any atom is 0.422 e. The standard InChI is InChI=1S/C21H24Cl2FN3O7S/c1-11(2)10-32-19-15(23)6-12(9-25-19)33-17-8-16(24)13(7-14(17)22)18(28)26-35(30,31)27-20(29)34-21(3,4)5/h6-9,11H,10H2,1-5H3,(H,26,28)(H,27,29). The molecular formula is C21H24Cl2FN3O7S. The molecule has 0 atom stereocenters. The summed E-state index contributed by atoms with van der Waals surface area (Å²) < 4.78 is 57.3. The number of nitrogens with zero attached hydrogens (tertiary/aromatic N) is 1. The van der Waals surface area contributed by atoms with E-state index in [4.69, 9.17) is 37.4 Å². The zero-order valence-electron chi connectivity index (χ0n) is 19.4. The predicted octanol–water partition coefficient (Wildman–Crippen LogP) is 4.85. The zero-order chi connectivity index (χ0) is 26.6. The van der Waals surface area contributed by atoms with E-state index in [0.29, 0.717) is 6.61 Å². The van der Waals surface area contributed by atoms with Crippen LogP contribution in [0.2, 0.25) is 10.0 Å². The van der Waals surface area contributed by atoms with E-state index in [2.05, 4.69) is 4.98 Å². The molecule has 35 heavy (non-hydrogen) atoms. The summed E-state index contributed by atoms with van der Waals surface area (Å²) in [6.45, 7) is 8.85. The van der Waals surface area contributed by atoms with Gasteiger partial charge in [-0.25, -0.2) is 23.6 Å². The highest BCUT2D eigenvalue weighted by molar-refractivity contribution is 7.88. The van der Waals surface area contributed by atoms with Gasteiger partial charge in [0.25, 0.3) is 5.91 Å². The van der Waals surface area contributed by atoms with Crippen molar-refractivity contribution in [2.75, 3.05) is 6.61 Å². The molecule has 1 heterocycles. The highest BCUT2D eigenvalue weighted by atomic mass is 35.5. The lowest BCUT2D eigenvalue weighted by molar-refractivity contribution is 0.0570.